The van der Waals surface area contributed by atoms with Crippen LogP contribution in [0.15, 0.2) is 54.1 Å². The summed E-state index contributed by atoms with van der Waals surface area (Å²) < 4.78 is 18.4. The number of carbonyl (C=O) groups is 2. The summed E-state index contributed by atoms with van der Waals surface area (Å²) in [5.74, 6) is 0.0227. The van der Waals surface area contributed by atoms with Crippen LogP contribution in [0.25, 0.3) is 16.0 Å². The van der Waals surface area contributed by atoms with E-state index in [2.05, 4.69) is 0 Å². The molecule has 0 spiro atoms. The van der Waals surface area contributed by atoms with Gasteiger partial charge < -0.3 is 19.3 Å². The Morgan fingerprint density at radius 2 is 1.81 bits per heavy atom. The predicted molar refractivity (Wildman–Crippen MR) is 163 cm³/mol. The first-order valence-electron chi connectivity index (χ1n) is 14.1. The highest BCUT2D eigenvalue weighted by Crippen LogP contribution is 2.46. The van der Waals surface area contributed by atoms with Crippen LogP contribution in [0.4, 0.5) is 5.13 Å². The van der Waals surface area contributed by atoms with Gasteiger partial charge in [-0.2, -0.15) is 0 Å². The number of carbonyl (C=O) groups excluding carboxylic acids is 2. The van der Waals surface area contributed by atoms with Gasteiger partial charge in [-0.25, -0.2) is 4.98 Å². The molecule has 9 heteroatoms. The number of aliphatic hydroxyl groups is 1. The normalized spacial score (nSPS) is 19.3. The van der Waals surface area contributed by atoms with Crippen LogP contribution < -0.4 is 19.1 Å². The van der Waals surface area contributed by atoms with E-state index in [0.717, 1.165) is 32.7 Å². The van der Waals surface area contributed by atoms with Crippen molar-refractivity contribution in [3.05, 3.63) is 81.9 Å². The van der Waals surface area contributed by atoms with Crippen molar-refractivity contribution in [3.63, 3.8) is 0 Å². The fraction of sp³-hybridized carbons (Fsp3) is 0.303. The average Bonchev–Trinajstić information content (AvgIpc) is 3.62. The largest absolute Gasteiger partial charge is 0.507 e. The van der Waals surface area contributed by atoms with E-state index < -0.39 is 17.7 Å². The van der Waals surface area contributed by atoms with Gasteiger partial charge >= 0.3 is 5.91 Å². The first kappa shape index (κ1) is 27.8. The van der Waals surface area contributed by atoms with Gasteiger partial charge in [0.15, 0.2) is 16.6 Å². The fourth-order valence-electron chi connectivity index (χ4n) is 5.77. The van der Waals surface area contributed by atoms with Crippen LogP contribution in [0.5, 0.6) is 17.2 Å². The van der Waals surface area contributed by atoms with E-state index in [1.54, 1.807) is 30.3 Å². The molecule has 3 aromatic carbocycles. The van der Waals surface area contributed by atoms with Crippen molar-refractivity contribution in [1.29, 1.82) is 0 Å². The first-order chi connectivity index (χ1) is 20.2. The lowest BCUT2D eigenvalue weighted by atomic mass is 9.94. The number of nitrogens with zero attached hydrogens (tertiary/aromatic N) is 2. The third-order valence-electron chi connectivity index (χ3n) is 7.52. The number of benzene rings is 3. The Morgan fingerprint density at radius 1 is 1.05 bits per heavy atom. The summed E-state index contributed by atoms with van der Waals surface area (Å²) in [5.41, 5.74) is 4.80. The molecule has 1 fully saturated rings. The van der Waals surface area contributed by atoms with Crippen LogP contribution in [0.2, 0.25) is 0 Å². The van der Waals surface area contributed by atoms with Crippen molar-refractivity contribution in [3.8, 4) is 17.2 Å². The van der Waals surface area contributed by atoms with Crippen LogP contribution in [0.3, 0.4) is 0 Å². The summed E-state index contributed by atoms with van der Waals surface area (Å²) in [6, 6.07) is 13.8. The number of aromatic nitrogens is 1. The Labute approximate surface area is 248 Å². The molecular weight excluding hydrogens is 552 g/mol. The molecule has 0 bridgehead atoms. The molecule has 0 saturated carbocycles. The Bertz CT molecular complexity index is 1770. The minimum absolute atomic E-state index is 0.00863. The lowest BCUT2D eigenvalue weighted by Gasteiger charge is -2.24. The molecule has 3 heterocycles. The standard InChI is InChI=1S/C33H32N2O6S/c1-6-39-24-11-8-20(16-25(24)40-7-2)29-27(30(36)21-9-10-23-22(15-21)14-19(5)41-23)31(37)32(38)35(29)33-34-28-18(4)12-17(3)13-26(28)42-33/h8-13,15-16,19,29,36H,6-7,14H2,1-5H3. The van der Waals surface area contributed by atoms with E-state index in [4.69, 9.17) is 19.2 Å². The summed E-state index contributed by atoms with van der Waals surface area (Å²) in [6.07, 6.45) is 0.713. The molecule has 4 aromatic rings. The molecule has 1 saturated heterocycles. The lowest BCUT2D eigenvalue weighted by molar-refractivity contribution is -0.132. The van der Waals surface area contributed by atoms with E-state index in [1.807, 2.05) is 52.8 Å². The highest BCUT2D eigenvalue weighted by atomic mass is 32.1. The van der Waals surface area contributed by atoms with Crippen molar-refractivity contribution in [2.45, 2.75) is 53.2 Å². The summed E-state index contributed by atoms with van der Waals surface area (Å²) in [4.78, 5) is 33.8. The number of fused-ring (bicyclic) bond motifs is 2. The third kappa shape index (κ3) is 4.67. The first-order valence-corrected chi connectivity index (χ1v) is 14.9. The maximum Gasteiger partial charge on any atom is 0.301 e. The molecule has 42 heavy (non-hydrogen) atoms. The van der Waals surface area contributed by atoms with Crippen LogP contribution >= 0.6 is 11.3 Å². The maximum absolute atomic E-state index is 13.8. The number of rotatable bonds is 7. The van der Waals surface area contributed by atoms with Crippen molar-refractivity contribution >= 4 is 44.1 Å². The number of thiazole rings is 1. The molecule has 216 valence electrons. The number of hydrogen-bond acceptors (Lipinski definition) is 8. The number of aryl methyl sites for hydroxylation is 2. The monoisotopic (exact) mass is 584 g/mol. The second-order valence-corrected chi connectivity index (χ2v) is 11.6. The van der Waals surface area contributed by atoms with E-state index in [-0.39, 0.29) is 17.4 Å². The van der Waals surface area contributed by atoms with Crippen LogP contribution in [-0.2, 0) is 16.0 Å². The van der Waals surface area contributed by atoms with Gasteiger partial charge in [0.1, 0.15) is 17.6 Å². The molecule has 0 aliphatic carbocycles. The highest BCUT2D eigenvalue weighted by Gasteiger charge is 2.48. The Balaban J connectivity index is 1.56. The smallest absolute Gasteiger partial charge is 0.301 e. The summed E-state index contributed by atoms with van der Waals surface area (Å²) in [6.45, 7) is 10.6. The van der Waals surface area contributed by atoms with Gasteiger partial charge in [0.05, 0.1) is 35.0 Å². The zero-order chi connectivity index (χ0) is 29.7. The van der Waals surface area contributed by atoms with Gasteiger partial charge in [0.2, 0.25) is 0 Å². The molecule has 2 aliphatic rings. The van der Waals surface area contributed by atoms with Gasteiger partial charge in [-0.15, -0.1) is 0 Å². The number of aliphatic hydroxyl groups excluding tert-OH is 1. The lowest BCUT2D eigenvalue weighted by Crippen LogP contribution is -2.29. The topological polar surface area (TPSA) is 98.2 Å². The number of amides is 1. The quantitative estimate of drug-likeness (QED) is 0.147. The average molecular weight is 585 g/mol. The molecule has 6 rings (SSSR count). The Kier molecular flexibility index (Phi) is 7.14. The summed E-state index contributed by atoms with van der Waals surface area (Å²) >= 11 is 1.34. The molecule has 1 N–H and O–H groups in total. The molecule has 2 atom stereocenters. The summed E-state index contributed by atoms with van der Waals surface area (Å²) in [7, 11) is 0. The number of anilines is 1. The van der Waals surface area contributed by atoms with Gasteiger partial charge in [-0.05, 0) is 93.3 Å². The van der Waals surface area contributed by atoms with Crippen LogP contribution in [0.1, 0.15) is 54.6 Å². The van der Waals surface area contributed by atoms with Gasteiger partial charge in [-0.3, -0.25) is 14.5 Å². The number of hydrogen-bond donors (Lipinski definition) is 1. The van der Waals surface area contributed by atoms with Crippen molar-refractivity contribution < 1.29 is 28.9 Å². The molecule has 2 aliphatic heterocycles. The van der Waals surface area contributed by atoms with E-state index in [9.17, 15) is 14.7 Å². The third-order valence-corrected chi connectivity index (χ3v) is 8.52. The minimum atomic E-state index is -0.940. The van der Waals surface area contributed by atoms with Crippen LogP contribution in [-0.4, -0.2) is 41.1 Å². The molecule has 1 aromatic heterocycles. The molecule has 8 nitrogen and oxygen atoms in total. The number of Topliss-reactive ketones (excluding diaryl/α,β-unsaturated/α-hetero) is 1. The molecular formula is C33H32N2O6S. The minimum Gasteiger partial charge on any atom is -0.507 e. The number of ether oxygens (including phenoxy) is 3. The Morgan fingerprint density at radius 3 is 2.57 bits per heavy atom. The van der Waals surface area contributed by atoms with E-state index in [0.29, 0.717) is 47.4 Å². The van der Waals surface area contributed by atoms with E-state index >= 15 is 0 Å². The predicted octanol–water partition coefficient (Wildman–Crippen LogP) is 6.66. The molecule has 0 radical (unpaired) electrons. The Hall–Kier alpha value is -4.37. The zero-order valence-corrected chi connectivity index (χ0v) is 25.0. The summed E-state index contributed by atoms with van der Waals surface area (Å²) in [5, 5.41) is 12.1. The van der Waals surface area contributed by atoms with Crippen LogP contribution in [0, 0.1) is 13.8 Å². The van der Waals surface area contributed by atoms with Gasteiger partial charge in [0.25, 0.3) is 5.78 Å². The van der Waals surface area contributed by atoms with E-state index in [1.165, 1.54) is 16.2 Å². The molecule has 2 unspecified atom stereocenters. The maximum atomic E-state index is 13.8. The second-order valence-electron chi connectivity index (χ2n) is 10.6. The van der Waals surface area contributed by atoms with Gasteiger partial charge in [0, 0.05) is 12.0 Å². The second kappa shape index (κ2) is 10.8. The fourth-order valence-corrected chi connectivity index (χ4v) is 6.94. The SMILES string of the molecule is CCOc1ccc(C2C(=C(O)c3ccc4c(c3)CC(C)O4)C(=O)C(=O)N2c2nc3c(C)cc(C)cc3s2)cc1OCC. The highest BCUT2D eigenvalue weighted by molar-refractivity contribution is 7.22. The zero-order valence-electron chi connectivity index (χ0n) is 24.2. The van der Waals surface area contributed by atoms with Gasteiger partial charge in [-0.1, -0.05) is 23.5 Å². The molecule has 1 amide bonds. The van der Waals surface area contributed by atoms with Crippen molar-refractivity contribution in [2.24, 2.45) is 0 Å². The van der Waals surface area contributed by atoms with Crippen molar-refractivity contribution in [2.75, 3.05) is 18.1 Å². The number of ketones is 1. The van der Waals surface area contributed by atoms with Crippen molar-refractivity contribution in [1.82, 2.24) is 4.98 Å².